The second kappa shape index (κ2) is 9.33. The normalized spacial score (nSPS) is 21.1. The van der Waals surface area contributed by atoms with Crippen molar-refractivity contribution in [2.45, 2.75) is 19.9 Å². The van der Waals surface area contributed by atoms with Gasteiger partial charge in [0.05, 0.1) is 30.4 Å². The summed E-state index contributed by atoms with van der Waals surface area (Å²) in [6, 6.07) is 7.71. The minimum absolute atomic E-state index is 0.0800. The summed E-state index contributed by atoms with van der Waals surface area (Å²) >= 11 is 0. The standard InChI is InChI=1S/C25H27FN2O5/c1-15-13-19(20(29)14-16(15)2)23(30)21-22(17-3-5-18(26)6-4-17)28(25(32)24(21)31)8-7-27-9-11-33-12-10-27/h3-6,13-14,22,29-30H,7-12H2,1-2H3/b23-21+. The molecule has 2 aliphatic rings. The van der Waals surface area contributed by atoms with E-state index in [1.165, 1.54) is 35.2 Å². The Morgan fingerprint density at radius 3 is 2.36 bits per heavy atom. The Morgan fingerprint density at radius 1 is 1.06 bits per heavy atom. The van der Waals surface area contributed by atoms with Crippen molar-refractivity contribution in [2.24, 2.45) is 0 Å². The number of phenols is 1. The van der Waals surface area contributed by atoms with Crippen LogP contribution in [0, 0.1) is 19.7 Å². The predicted molar refractivity (Wildman–Crippen MR) is 120 cm³/mol. The van der Waals surface area contributed by atoms with Crippen molar-refractivity contribution < 1.29 is 28.9 Å². The number of aromatic hydroxyl groups is 1. The average Bonchev–Trinajstić information content (AvgIpc) is 3.05. The van der Waals surface area contributed by atoms with Crippen LogP contribution in [0.2, 0.25) is 0 Å². The number of likely N-dealkylation sites (tertiary alicyclic amines) is 1. The summed E-state index contributed by atoms with van der Waals surface area (Å²) in [5, 5.41) is 21.6. The second-order valence-electron chi connectivity index (χ2n) is 8.45. The van der Waals surface area contributed by atoms with Crippen molar-refractivity contribution in [3.63, 3.8) is 0 Å². The number of hydrogen-bond acceptors (Lipinski definition) is 6. The first-order valence-corrected chi connectivity index (χ1v) is 10.9. The van der Waals surface area contributed by atoms with Crippen LogP contribution in [0.5, 0.6) is 5.75 Å². The van der Waals surface area contributed by atoms with E-state index in [2.05, 4.69) is 4.90 Å². The molecule has 0 spiro atoms. The highest BCUT2D eigenvalue weighted by atomic mass is 19.1. The molecular formula is C25H27FN2O5. The SMILES string of the molecule is Cc1cc(O)c(/C(O)=C2\C(=O)C(=O)N(CCN3CCOCC3)C2c2ccc(F)cc2)cc1C. The number of benzene rings is 2. The summed E-state index contributed by atoms with van der Waals surface area (Å²) in [6.07, 6.45) is 0. The van der Waals surface area contributed by atoms with E-state index in [-0.39, 0.29) is 23.4 Å². The highest BCUT2D eigenvalue weighted by Crippen LogP contribution is 2.41. The van der Waals surface area contributed by atoms with Crippen LogP contribution in [0.1, 0.15) is 28.3 Å². The van der Waals surface area contributed by atoms with E-state index in [0.717, 1.165) is 24.2 Å². The summed E-state index contributed by atoms with van der Waals surface area (Å²) < 4.78 is 19.0. The van der Waals surface area contributed by atoms with E-state index >= 15 is 0 Å². The third-order valence-corrected chi connectivity index (χ3v) is 6.35. The van der Waals surface area contributed by atoms with E-state index < -0.39 is 29.3 Å². The van der Waals surface area contributed by atoms with Crippen molar-refractivity contribution in [1.29, 1.82) is 0 Å². The zero-order chi connectivity index (χ0) is 23.7. The lowest BCUT2D eigenvalue weighted by Gasteiger charge is -2.31. The molecule has 1 unspecified atom stereocenters. The van der Waals surface area contributed by atoms with Crippen LogP contribution in [0.4, 0.5) is 4.39 Å². The first kappa shape index (κ1) is 22.9. The van der Waals surface area contributed by atoms with Gasteiger partial charge in [0, 0.05) is 26.2 Å². The number of aliphatic hydroxyl groups excluding tert-OH is 1. The minimum Gasteiger partial charge on any atom is -0.507 e. The van der Waals surface area contributed by atoms with E-state index in [1.807, 2.05) is 13.8 Å². The fourth-order valence-corrected chi connectivity index (χ4v) is 4.31. The zero-order valence-corrected chi connectivity index (χ0v) is 18.7. The Morgan fingerprint density at radius 2 is 1.70 bits per heavy atom. The number of rotatable bonds is 5. The van der Waals surface area contributed by atoms with Crippen LogP contribution in [0.15, 0.2) is 42.0 Å². The Balaban J connectivity index is 1.78. The first-order valence-electron chi connectivity index (χ1n) is 10.9. The van der Waals surface area contributed by atoms with Crippen molar-refractivity contribution in [1.82, 2.24) is 9.80 Å². The van der Waals surface area contributed by atoms with Gasteiger partial charge in [-0.3, -0.25) is 14.5 Å². The fraction of sp³-hybridized carbons (Fsp3) is 0.360. The molecule has 174 valence electrons. The molecule has 4 rings (SSSR count). The van der Waals surface area contributed by atoms with Gasteiger partial charge in [0.1, 0.15) is 17.3 Å². The first-order chi connectivity index (χ1) is 15.8. The number of carbonyl (C=O) groups is 2. The molecule has 2 aliphatic heterocycles. The van der Waals surface area contributed by atoms with Crippen molar-refractivity contribution in [3.8, 4) is 5.75 Å². The number of ether oxygens (including phenoxy) is 1. The van der Waals surface area contributed by atoms with Crippen LogP contribution < -0.4 is 0 Å². The largest absolute Gasteiger partial charge is 0.507 e. The van der Waals surface area contributed by atoms with E-state index in [0.29, 0.717) is 25.3 Å². The number of amides is 1. The number of phenolic OH excluding ortho intramolecular Hbond substituents is 1. The van der Waals surface area contributed by atoms with Crippen LogP contribution >= 0.6 is 0 Å². The molecule has 1 atom stereocenters. The minimum atomic E-state index is -0.896. The lowest BCUT2D eigenvalue weighted by Crippen LogP contribution is -2.42. The zero-order valence-electron chi connectivity index (χ0n) is 18.7. The van der Waals surface area contributed by atoms with Gasteiger partial charge in [0.25, 0.3) is 11.7 Å². The van der Waals surface area contributed by atoms with Crippen LogP contribution in [-0.4, -0.2) is 71.1 Å². The molecule has 33 heavy (non-hydrogen) atoms. The maximum atomic E-state index is 13.6. The van der Waals surface area contributed by atoms with Crippen molar-refractivity contribution in [3.05, 3.63) is 70.0 Å². The molecule has 2 aromatic rings. The number of halogens is 1. The lowest BCUT2D eigenvalue weighted by molar-refractivity contribution is -0.140. The molecule has 2 heterocycles. The molecule has 2 N–H and O–H groups in total. The molecule has 2 fully saturated rings. The highest BCUT2D eigenvalue weighted by molar-refractivity contribution is 6.46. The molecule has 1 amide bonds. The Kier molecular flexibility index (Phi) is 6.49. The molecule has 0 bridgehead atoms. The third kappa shape index (κ3) is 4.49. The van der Waals surface area contributed by atoms with Gasteiger partial charge in [-0.15, -0.1) is 0 Å². The van der Waals surface area contributed by atoms with Gasteiger partial charge in [-0.25, -0.2) is 4.39 Å². The number of Topliss-reactive ketones (excluding diaryl/α,β-unsaturated/α-hetero) is 1. The van der Waals surface area contributed by atoms with Gasteiger partial charge < -0.3 is 19.8 Å². The maximum Gasteiger partial charge on any atom is 0.295 e. The predicted octanol–water partition coefficient (Wildman–Crippen LogP) is 2.90. The van der Waals surface area contributed by atoms with Crippen LogP contribution in [0.25, 0.3) is 5.76 Å². The number of hydrogen-bond donors (Lipinski definition) is 2. The van der Waals surface area contributed by atoms with Crippen LogP contribution in [-0.2, 0) is 14.3 Å². The number of aliphatic hydroxyl groups is 1. The van der Waals surface area contributed by atoms with Gasteiger partial charge in [-0.1, -0.05) is 12.1 Å². The number of carbonyl (C=O) groups excluding carboxylic acids is 2. The summed E-state index contributed by atoms with van der Waals surface area (Å²) in [6.45, 7) is 7.08. The Bertz CT molecular complexity index is 1110. The van der Waals surface area contributed by atoms with Crippen LogP contribution in [0.3, 0.4) is 0 Å². The van der Waals surface area contributed by atoms with Gasteiger partial charge in [0.2, 0.25) is 0 Å². The third-order valence-electron chi connectivity index (χ3n) is 6.35. The van der Waals surface area contributed by atoms with Gasteiger partial charge in [-0.2, -0.15) is 0 Å². The molecular weight excluding hydrogens is 427 g/mol. The molecule has 2 saturated heterocycles. The lowest BCUT2D eigenvalue weighted by atomic mass is 9.94. The average molecular weight is 454 g/mol. The van der Waals surface area contributed by atoms with Crippen molar-refractivity contribution in [2.75, 3.05) is 39.4 Å². The van der Waals surface area contributed by atoms with E-state index in [9.17, 15) is 24.2 Å². The maximum absolute atomic E-state index is 13.6. The Hall–Kier alpha value is -3.23. The number of ketones is 1. The summed E-state index contributed by atoms with van der Waals surface area (Å²) in [5.74, 6) is -2.65. The molecule has 0 radical (unpaired) electrons. The number of morpholine rings is 1. The summed E-state index contributed by atoms with van der Waals surface area (Å²) in [7, 11) is 0. The molecule has 0 aromatic heterocycles. The van der Waals surface area contributed by atoms with Gasteiger partial charge in [0.15, 0.2) is 0 Å². The summed E-state index contributed by atoms with van der Waals surface area (Å²) in [5.41, 5.74) is 2.10. The smallest absolute Gasteiger partial charge is 0.295 e. The van der Waals surface area contributed by atoms with E-state index in [4.69, 9.17) is 4.74 Å². The number of nitrogens with zero attached hydrogens (tertiary/aromatic N) is 2. The van der Waals surface area contributed by atoms with Crippen molar-refractivity contribution >= 4 is 17.4 Å². The van der Waals surface area contributed by atoms with Gasteiger partial charge >= 0.3 is 0 Å². The monoisotopic (exact) mass is 454 g/mol. The molecule has 2 aromatic carbocycles. The van der Waals surface area contributed by atoms with Gasteiger partial charge in [-0.05, 0) is 54.8 Å². The second-order valence-corrected chi connectivity index (χ2v) is 8.45. The van der Waals surface area contributed by atoms with E-state index in [1.54, 1.807) is 6.07 Å². The molecule has 0 aliphatic carbocycles. The Labute approximate surface area is 191 Å². The summed E-state index contributed by atoms with van der Waals surface area (Å²) in [4.78, 5) is 29.7. The highest BCUT2D eigenvalue weighted by Gasteiger charge is 2.46. The topological polar surface area (TPSA) is 90.3 Å². The number of aryl methyl sites for hydroxylation is 2. The molecule has 8 heteroatoms. The molecule has 0 saturated carbocycles. The fourth-order valence-electron chi connectivity index (χ4n) is 4.31. The quantitative estimate of drug-likeness (QED) is 0.410. The molecule has 7 nitrogen and oxygen atoms in total.